The van der Waals surface area contributed by atoms with E-state index in [1.165, 1.54) is 24.5 Å². The lowest BCUT2D eigenvalue weighted by molar-refractivity contribution is 0.351. The molecular formula is C17H12N2O3S. The van der Waals surface area contributed by atoms with E-state index in [1.54, 1.807) is 12.1 Å². The number of aromatic hydroxyl groups is 2. The van der Waals surface area contributed by atoms with E-state index in [4.69, 9.17) is 4.74 Å². The zero-order chi connectivity index (χ0) is 16.4. The van der Waals surface area contributed by atoms with Crippen LogP contribution in [-0.4, -0.2) is 22.3 Å². The number of nitrogens with zero attached hydrogens (tertiary/aromatic N) is 2. The van der Waals surface area contributed by atoms with Crippen LogP contribution in [0.3, 0.4) is 0 Å². The summed E-state index contributed by atoms with van der Waals surface area (Å²) in [6.45, 7) is 0. The molecule has 3 aromatic rings. The molecule has 0 amide bonds. The number of para-hydroxylation sites is 1. The fourth-order valence-electron chi connectivity index (χ4n) is 2.15. The first-order chi connectivity index (χ1) is 11.1. The van der Waals surface area contributed by atoms with Crippen LogP contribution in [0.15, 0.2) is 36.4 Å². The van der Waals surface area contributed by atoms with Crippen LogP contribution < -0.4 is 4.74 Å². The van der Waals surface area contributed by atoms with Gasteiger partial charge in [0.2, 0.25) is 5.75 Å². The van der Waals surface area contributed by atoms with Crippen molar-refractivity contribution in [2.24, 2.45) is 0 Å². The van der Waals surface area contributed by atoms with Gasteiger partial charge in [-0.15, -0.1) is 11.3 Å². The molecule has 0 unspecified atom stereocenters. The predicted octanol–water partition coefficient (Wildman–Crippen LogP) is 3.78. The number of hydrogen-bond donors (Lipinski definition) is 2. The van der Waals surface area contributed by atoms with Crippen molar-refractivity contribution in [3.63, 3.8) is 0 Å². The van der Waals surface area contributed by atoms with Crippen molar-refractivity contribution in [2.75, 3.05) is 7.11 Å². The summed E-state index contributed by atoms with van der Waals surface area (Å²) >= 11 is 1.42. The number of phenols is 2. The van der Waals surface area contributed by atoms with Crippen molar-refractivity contribution in [1.82, 2.24) is 4.98 Å². The molecule has 2 N–H and O–H groups in total. The molecule has 114 valence electrons. The maximum atomic E-state index is 9.73. The van der Waals surface area contributed by atoms with Crippen LogP contribution in [0.4, 0.5) is 0 Å². The number of aromatic nitrogens is 1. The van der Waals surface area contributed by atoms with Gasteiger partial charge >= 0.3 is 0 Å². The fourth-order valence-corrected chi connectivity index (χ4v) is 3.08. The minimum Gasteiger partial charge on any atom is -0.504 e. The molecule has 0 aliphatic rings. The van der Waals surface area contributed by atoms with Crippen molar-refractivity contribution in [1.29, 1.82) is 5.26 Å². The zero-order valence-corrected chi connectivity index (χ0v) is 13.0. The van der Waals surface area contributed by atoms with Crippen molar-refractivity contribution in [3.8, 4) is 23.3 Å². The molecule has 0 aliphatic heterocycles. The van der Waals surface area contributed by atoms with Crippen LogP contribution in [0.5, 0.6) is 17.2 Å². The van der Waals surface area contributed by atoms with E-state index in [0.717, 1.165) is 10.2 Å². The molecule has 0 radical (unpaired) electrons. The summed E-state index contributed by atoms with van der Waals surface area (Å²) in [6, 6.07) is 12.7. The van der Waals surface area contributed by atoms with Gasteiger partial charge in [-0.2, -0.15) is 5.26 Å². The van der Waals surface area contributed by atoms with Crippen molar-refractivity contribution >= 4 is 33.2 Å². The highest BCUT2D eigenvalue weighted by Crippen LogP contribution is 2.37. The van der Waals surface area contributed by atoms with E-state index in [9.17, 15) is 15.5 Å². The number of rotatable bonds is 3. The molecule has 2 aromatic carbocycles. The number of thiazole rings is 1. The Hall–Kier alpha value is -3.04. The molecule has 1 heterocycles. The minimum absolute atomic E-state index is 0.137. The van der Waals surface area contributed by atoms with Gasteiger partial charge in [-0.25, -0.2) is 4.98 Å². The summed E-state index contributed by atoms with van der Waals surface area (Å²) in [5.41, 5.74) is 1.74. The number of methoxy groups -OCH3 is 1. The third-order valence-corrected chi connectivity index (χ3v) is 4.32. The standard InChI is InChI=1S/C17H12N2O3S/c1-22-14-8-10(7-13(20)16(14)21)6-11(9-18)17-19-12-4-2-3-5-15(12)23-17/h2-8,20-21H,1H3/b11-6-. The van der Waals surface area contributed by atoms with Gasteiger partial charge in [-0.05, 0) is 35.9 Å². The molecule has 5 nitrogen and oxygen atoms in total. The number of benzene rings is 2. The van der Waals surface area contributed by atoms with Crippen molar-refractivity contribution in [2.45, 2.75) is 0 Å². The van der Waals surface area contributed by atoms with Gasteiger partial charge in [-0.3, -0.25) is 0 Å². The Morgan fingerprint density at radius 1 is 1.30 bits per heavy atom. The number of hydrogen-bond acceptors (Lipinski definition) is 6. The summed E-state index contributed by atoms with van der Waals surface area (Å²) in [5, 5.41) is 29.4. The largest absolute Gasteiger partial charge is 0.504 e. The molecule has 0 spiro atoms. The van der Waals surface area contributed by atoms with Gasteiger partial charge in [0.05, 0.1) is 22.9 Å². The molecule has 1 aromatic heterocycles. The van der Waals surface area contributed by atoms with Gasteiger partial charge < -0.3 is 14.9 Å². The first kappa shape index (κ1) is 14.9. The smallest absolute Gasteiger partial charge is 0.200 e. The molecule has 6 heteroatoms. The molecule has 0 aliphatic carbocycles. The van der Waals surface area contributed by atoms with E-state index >= 15 is 0 Å². The summed E-state index contributed by atoms with van der Waals surface area (Å²) in [4.78, 5) is 4.45. The quantitative estimate of drug-likeness (QED) is 0.565. The Morgan fingerprint density at radius 3 is 2.78 bits per heavy atom. The van der Waals surface area contributed by atoms with Crippen molar-refractivity contribution < 1.29 is 14.9 Å². The summed E-state index contributed by atoms with van der Waals surface area (Å²) in [7, 11) is 1.39. The first-order valence-corrected chi connectivity index (χ1v) is 7.51. The Kier molecular flexibility index (Phi) is 3.87. The molecule has 0 saturated carbocycles. The highest BCUT2D eigenvalue weighted by molar-refractivity contribution is 7.19. The number of allylic oxidation sites excluding steroid dienone is 1. The second-order valence-electron chi connectivity index (χ2n) is 4.75. The Labute approximate surface area is 136 Å². The highest BCUT2D eigenvalue weighted by Gasteiger charge is 2.12. The van der Waals surface area contributed by atoms with E-state index < -0.39 is 0 Å². The van der Waals surface area contributed by atoms with Crippen LogP contribution >= 0.6 is 11.3 Å². The van der Waals surface area contributed by atoms with Crippen LogP contribution in [0, 0.1) is 11.3 Å². The maximum Gasteiger partial charge on any atom is 0.200 e. The maximum absolute atomic E-state index is 9.73. The van der Waals surface area contributed by atoms with E-state index in [-0.39, 0.29) is 17.2 Å². The third-order valence-electron chi connectivity index (χ3n) is 3.25. The monoisotopic (exact) mass is 324 g/mol. The molecule has 0 fully saturated rings. The average molecular weight is 324 g/mol. The number of phenolic OH excluding ortho intramolecular Hbond substituents is 2. The van der Waals surface area contributed by atoms with Gasteiger partial charge in [-0.1, -0.05) is 12.1 Å². The molecule has 3 rings (SSSR count). The average Bonchev–Trinajstić information content (AvgIpc) is 2.99. The zero-order valence-electron chi connectivity index (χ0n) is 12.1. The first-order valence-electron chi connectivity index (χ1n) is 6.70. The Morgan fingerprint density at radius 2 is 2.09 bits per heavy atom. The lowest BCUT2D eigenvalue weighted by atomic mass is 10.1. The van der Waals surface area contributed by atoms with E-state index in [0.29, 0.717) is 16.1 Å². The van der Waals surface area contributed by atoms with Gasteiger partial charge in [0.15, 0.2) is 11.5 Å². The van der Waals surface area contributed by atoms with E-state index in [1.807, 2.05) is 24.3 Å². The Bertz CT molecular complexity index is 921. The minimum atomic E-state index is -0.330. The van der Waals surface area contributed by atoms with Crippen LogP contribution in [0.25, 0.3) is 21.9 Å². The second kappa shape index (κ2) is 5.99. The molecular weight excluding hydrogens is 312 g/mol. The van der Waals surface area contributed by atoms with Crippen LogP contribution in [-0.2, 0) is 0 Å². The molecule has 0 saturated heterocycles. The van der Waals surface area contributed by atoms with Crippen LogP contribution in [0.1, 0.15) is 10.6 Å². The molecule has 23 heavy (non-hydrogen) atoms. The molecule has 0 bridgehead atoms. The second-order valence-corrected chi connectivity index (χ2v) is 5.78. The summed E-state index contributed by atoms with van der Waals surface area (Å²) < 4.78 is 6.00. The van der Waals surface area contributed by atoms with Gasteiger partial charge in [0.25, 0.3) is 0 Å². The highest BCUT2D eigenvalue weighted by atomic mass is 32.1. The topological polar surface area (TPSA) is 86.4 Å². The Balaban J connectivity index is 2.09. The van der Waals surface area contributed by atoms with E-state index in [2.05, 4.69) is 11.1 Å². The number of fused-ring (bicyclic) bond motifs is 1. The summed E-state index contributed by atoms with van der Waals surface area (Å²) in [5.74, 6) is -0.502. The van der Waals surface area contributed by atoms with Gasteiger partial charge in [0.1, 0.15) is 11.1 Å². The predicted molar refractivity (Wildman–Crippen MR) is 89.4 cm³/mol. The lowest BCUT2D eigenvalue weighted by Crippen LogP contribution is -1.86. The SMILES string of the molecule is COc1cc(/C=C(/C#N)c2nc3ccccc3s2)cc(O)c1O. The van der Waals surface area contributed by atoms with Crippen molar-refractivity contribution in [3.05, 3.63) is 47.0 Å². The van der Waals surface area contributed by atoms with Gasteiger partial charge in [0, 0.05) is 0 Å². The number of ether oxygens (including phenoxy) is 1. The fraction of sp³-hybridized carbons (Fsp3) is 0.0588. The summed E-state index contributed by atoms with van der Waals surface area (Å²) in [6.07, 6.45) is 1.60. The normalized spacial score (nSPS) is 11.4. The lowest BCUT2D eigenvalue weighted by Gasteiger charge is -2.06. The third kappa shape index (κ3) is 2.82. The van der Waals surface area contributed by atoms with Crippen LogP contribution in [0.2, 0.25) is 0 Å². The molecule has 0 atom stereocenters. The number of nitriles is 1.